The molecule has 1 heterocycles. The van der Waals surface area contributed by atoms with E-state index in [4.69, 9.17) is 4.74 Å². The molecule has 0 unspecified atom stereocenters. The fraction of sp³-hybridized carbons (Fsp3) is 0.400. The summed E-state index contributed by atoms with van der Waals surface area (Å²) in [6.45, 7) is 5.20. The summed E-state index contributed by atoms with van der Waals surface area (Å²) in [6, 6.07) is 9.90. The van der Waals surface area contributed by atoms with Crippen LogP contribution in [0.25, 0.3) is 0 Å². The topological polar surface area (TPSA) is 29.5 Å². The number of nitrogens with zero attached hydrogens (tertiary/aromatic N) is 1. The van der Waals surface area contributed by atoms with Crippen LogP contribution in [0.2, 0.25) is 0 Å². The third-order valence-electron chi connectivity index (χ3n) is 3.12. The first kappa shape index (κ1) is 12.7. The maximum absolute atomic E-state index is 12.0. The summed E-state index contributed by atoms with van der Waals surface area (Å²) in [4.78, 5) is 13.8. The fourth-order valence-corrected chi connectivity index (χ4v) is 2.12. The fourth-order valence-electron chi connectivity index (χ4n) is 2.12. The smallest absolute Gasteiger partial charge is 0.410 e. The number of amides is 1. The number of carbonyl (C=O) groups excluding carboxylic acids is 1. The predicted molar refractivity (Wildman–Crippen MR) is 71.1 cm³/mol. The summed E-state index contributed by atoms with van der Waals surface area (Å²) in [7, 11) is 0. The molecule has 1 amide bonds. The van der Waals surface area contributed by atoms with Gasteiger partial charge in [0, 0.05) is 6.54 Å². The van der Waals surface area contributed by atoms with Crippen molar-refractivity contribution in [2.75, 3.05) is 6.54 Å². The highest BCUT2D eigenvalue weighted by Crippen LogP contribution is 2.19. The molecule has 2 rings (SSSR count). The highest BCUT2D eigenvalue weighted by molar-refractivity contribution is 5.69. The molecule has 96 valence electrons. The van der Waals surface area contributed by atoms with E-state index in [1.165, 1.54) is 0 Å². The molecule has 3 heteroatoms. The van der Waals surface area contributed by atoms with Crippen LogP contribution >= 0.6 is 0 Å². The van der Waals surface area contributed by atoms with Gasteiger partial charge in [0.05, 0.1) is 6.04 Å². The van der Waals surface area contributed by atoms with Gasteiger partial charge in [0.2, 0.25) is 0 Å². The van der Waals surface area contributed by atoms with Crippen molar-refractivity contribution < 1.29 is 9.53 Å². The average Bonchev–Trinajstić information content (AvgIpc) is 2.86. The zero-order chi connectivity index (χ0) is 13.0. The molecule has 1 aromatic rings. The molecule has 3 nitrogen and oxygen atoms in total. The molecular formula is C15H19NO2. The van der Waals surface area contributed by atoms with Gasteiger partial charge < -0.3 is 4.74 Å². The number of carbonyl (C=O) groups is 1. The van der Waals surface area contributed by atoms with E-state index in [-0.39, 0.29) is 12.1 Å². The molecule has 0 saturated carbocycles. The molecule has 0 bridgehead atoms. The molecule has 0 radical (unpaired) electrons. The Morgan fingerprint density at radius 2 is 2.11 bits per heavy atom. The molecule has 0 spiro atoms. The van der Waals surface area contributed by atoms with Crippen LogP contribution in [0.4, 0.5) is 4.79 Å². The number of hydrogen-bond donors (Lipinski definition) is 0. The SMILES string of the molecule is CC(C)[C@H]1C=CCN1C(=O)OCc1ccccc1. The first-order valence-electron chi connectivity index (χ1n) is 6.32. The van der Waals surface area contributed by atoms with Crippen LogP contribution in [0.15, 0.2) is 42.5 Å². The van der Waals surface area contributed by atoms with Gasteiger partial charge in [0.25, 0.3) is 0 Å². The highest BCUT2D eigenvalue weighted by atomic mass is 16.6. The van der Waals surface area contributed by atoms with Crippen LogP contribution in [0.1, 0.15) is 19.4 Å². The Kier molecular flexibility index (Phi) is 4.03. The second-order valence-corrected chi connectivity index (χ2v) is 4.86. The summed E-state index contributed by atoms with van der Waals surface area (Å²) < 4.78 is 5.34. The van der Waals surface area contributed by atoms with E-state index >= 15 is 0 Å². The molecule has 0 aromatic heterocycles. The van der Waals surface area contributed by atoms with Crippen molar-refractivity contribution >= 4 is 6.09 Å². The summed E-state index contributed by atoms with van der Waals surface area (Å²) in [5.41, 5.74) is 1.01. The Morgan fingerprint density at radius 1 is 1.39 bits per heavy atom. The minimum Gasteiger partial charge on any atom is -0.445 e. The monoisotopic (exact) mass is 245 g/mol. The molecular weight excluding hydrogens is 226 g/mol. The number of hydrogen-bond acceptors (Lipinski definition) is 2. The van der Waals surface area contributed by atoms with Gasteiger partial charge in [-0.2, -0.15) is 0 Å². The Morgan fingerprint density at radius 3 is 2.78 bits per heavy atom. The molecule has 1 aromatic carbocycles. The first-order valence-corrected chi connectivity index (χ1v) is 6.32. The Labute approximate surface area is 108 Å². The summed E-state index contributed by atoms with van der Waals surface area (Å²) in [5, 5.41) is 0. The van der Waals surface area contributed by atoms with Crippen LogP contribution in [0.5, 0.6) is 0 Å². The van der Waals surface area contributed by atoms with Gasteiger partial charge in [-0.25, -0.2) is 4.79 Å². The lowest BCUT2D eigenvalue weighted by atomic mass is 10.1. The molecule has 0 N–H and O–H groups in total. The molecule has 18 heavy (non-hydrogen) atoms. The van der Waals surface area contributed by atoms with Crippen molar-refractivity contribution in [1.82, 2.24) is 4.90 Å². The van der Waals surface area contributed by atoms with Crippen LogP contribution in [-0.4, -0.2) is 23.6 Å². The third kappa shape index (κ3) is 2.92. The minimum atomic E-state index is -0.234. The predicted octanol–water partition coefficient (Wildman–Crippen LogP) is 3.22. The van der Waals surface area contributed by atoms with Gasteiger partial charge in [-0.1, -0.05) is 56.3 Å². The van der Waals surface area contributed by atoms with Crippen molar-refractivity contribution in [3.8, 4) is 0 Å². The van der Waals surface area contributed by atoms with E-state index in [0.29, 0.717) is 19.1 Å². The molecule has 1 atom stereocenters. The Hall–Kier alpha value is -1.77. The van der Waals surface area contributed by atoms with Gasteiger partial charge in [0.15, 0.2) is 0 Å². The molecule has 1 aliphatic heterocycles. The van der Waals surface area contributed by atoms with Crippen LogP contribution in [0, 0.1) is 5.92 Å². The van der Waals surface area contributed by atoms with Crippen LogP contribution in [0.3, 0.4) is 0 Å². The van der Waals surface area contributed by atoms with Gasteiger partial charge in [-0.05, 0) is 11.5 Å². The lowest BCUT2D eigenvalue weighted by Gasteiger charge is -2.26. The van der Waals surface area contributed by atoms with E-state index in [2.05, 4.69) is 19.9 Å². The van der Waals surface area contributed by atoms with E-state index in [0.717, 1.165) is 5.56 Å². The van der Waals surface area contributed by atoms with Gasteiger partial charge in [0.1, 0.15) is 6.61 Å². The highest BCUT2D eigenvalue weighted by Gasteiger charge is 2.27. The molecule has 0 fully saturated rings. The van der Waals surface area contributed by atoms with E-state index in [1.807, 2.05) is 36.4 Å². The number of rotatable bonds is 3. The molecule has 0 aliphatic carbocycles. The van der Waals surface area contributed by atoms with Crippen LogP contribution < -0.4 is 0 Å². The van der Waals surface area contributed by atoms with Gasteiger partial charge in [-0.3, -0.25) is 4.90 Å². The molecule has 1 aliphatic rings. The third-order valence-corrected chi connectivity index (χ3v) is 3.12. The van der Waals surface area contributed by atoms with Gasteiger partial charge in [-0.15, -0.1) is 0 Å². The second-order valence-electron chi connectivity index (χ2n) is 4.86. The largest absolute Gasteiger partial charge is 0.445 e. The lowest BCUT2D eigenvalue weighted by Crippen LogP contribution is -2.39. The van der Waals surface area contributed by atoms with Crippen molar-refractivity contribution in [1.29, 1.82) is 0 Å². The Balaban J connectivity index is 1.89. The lowest BCUT2D eigenvalue weighted by molar-refractivity contribution is 0.0887. The zero-order valence-corrected chi connectivity index (χ0v) is 10.9. The maximum Gasteiger partial charge on any atom is 0.410 e. The van der Waals surface area contributed by atoms with E-state index in [1.54, 1.807) is 4.90 Å². The van der Waals surface area contributed by atoms with Crippen molar-refractivity contribution in [2.45, 2.75) is 26.5 Å². The van der Waals surface area contributed by atoms with E-state index in [9.17, 15) is 4.79 Å². The Bertz CT molecular complexity index is 425. The van der Waals surface area contributed by atoms with Crippen molar-refractivity contribution in [2.24, 2.45) is 5.92 Å². The second kappa shape index (κ2) is 5.71. The maximum atomic E-state index is 12.0. The van der Waals surface area contributed by atoms with Crippen molar-refractivity contribution in [3.05, 3.63) is 48.0 Å². The average molecular weight is 245 g/mol. The first-order chi connectivity index (χ1) is 8.68. The van der Waals surface area contributed by atoms with Crippen molar-refractivity contribution in [3.63, 3.8) is 0 Å². The standard InChI is InChI=1S/C15H19NO2/c1-12(2)14-9-6-10-16(14)15(17)18-11-13-7-4-3-5-8-13/h3-9,12,14H,10-11H2,1-2H3/t14-/m1/s1. The van der Waals surface area contributed by atoms with Gasteiger partial charge >= 0.3 is 6.09 Å². The zero-order valence-electron chi connectivity index (χ0n) is 10.9. The normalized spacial score (nSPS) is 18.4. The molecule has 0 saturated heterocycles. The summed E-state index contributed by atoms with van der Waals surface area (Å²) >= 11 is 0. The van der Waals surface area contributed by atoms with E-state index < -0.39 is 0 Å². The quantitative estimate of drug-likeness (QED) is 0.765. The minimum absolute atomic E-state index is 0.160. The van der Waals surface area contributed by atoms with Crippen LogP contribution in [-0.2, 0) is 11.3 Å². The summed E-state index contributed by atoms with van der Waals surface area (Å²) in [6.07, 6.45) is 3.87. The number of benzene rings is 1. The summed E-state index contributed by atoms with van der Waals surface area (Å²) in [5.74, 6) is 0.410. The number of ether oxygens (including phenoxy) is 1.